The average Bonchev–Trinajstić information content (AvgIpc) is 3.09. The Morgan fingerprint density at radius 2 is 2.11 bits per heavy atom. The van der Waals surface area contributed by atoms with E-state index >= 15 is 0 Å². The minimum atomic E-state index is 0. The van der Waals surface area contributed by atoms with Gasteiger partial charge in [0.05, 0.1) is 13.0 Å². The van der Waals surface area contributed by atoms with Crippen molar-refractivity contribution in [2.45, 2.75) is 12.3 Å². The van der Waals surface area contributed by atoms with E-state index in [2.05, 4.69) is 15.5 Å². The van der Waals surface area contributed by atoms with Crippen molar-refractivity contribution in [1.29, 1.82) is 0 Å². The summed E-state index contributed by atoms with van der Waals surface area (Å²) in [4.78, 5) is 4.46. The summed E-state index contributed by atoms with van der Waals surface area (Å²) in [5.74, 6) is 2.54. The highest BCUT2D eigenvalue weighted by Crippen LogP contribution is 2.24. The van der Waals surface area contributed by atoms with E-state index in [1.165, 1.54) is 0 Å². The van der Waals surface area contributed by atoms with Crippen LogP contribution in [-0.2, 0) is 0 Å². The van der Waals surface area contributed by atoms with Crippen molar-refractivity contribution in [3.05, 3.63) is 30.2 Å². The molecule has 1 atom stereocenters. The van der Waals surface area contributed by atoms with E-state index in [-0.39, 0.29) is 12.4 Å². The molecule has 3 rings (SSSR count). The number of aromatic nitrogens is 2. The van der Waals surface area contributed by atoms with Crippen molar-refractivity contribution in [2.24, 2.45) is 0 Å². The maximum atomic E-state index is 5.33. The van der Waals surface area contributed by atoms with Crippen LogP contribution < -0.4 is 10.1 Å². The van der Waals surface area contributed by atoms with Gasteiger partial charge in [-0.15, -0.1) is 12.4 Å². The molecule has 1 aromatic carbocycles. The molecular formula is C13H16ClN3O2. The molecule has 6 heteroatoms. The highest BCUT2D eigenvalue weighted by Gasteiger charge is 2.22. The van der Waals surface area contributed by atoms with E-state index in [0.717, 1.165) is 36.7 Å². The largest absolute Gasteiger partial charge is 0.497 e. The lowest BCUT2D eigenvalue weighted by atomic mass is 10.1. The molecule has 5 nitrogen and oxygen atoms in total. The van der Waals surface area contributed by atoms with Gasteiger partial charge in [0.2, 0.25) is 11.7 Å². The second-order valence-corrected chi connectivity index (χ2v) is 4.37. The van der Waals surface area contributed by atoms with Gasteiger partial charge in [-0.3, -0.25) is 0 Å². The molecule has 102 valence electrons. The molecule has 0 amide bonds. The molecular weight excluding hydrogens is 266 g/mol. The van der Waals surface area contributed by atoms with Gasteiger partial charge in [0.25, 0.3) is 0 Å². The normalized spacial score (nSPS) is 18.1. The first-order valence-electron chi connectivity index (χ1n) is 6.05. The monoisotopic (exact) mass is 281 g/mol. The number of ether oxygens (including phenoxy) is 1. The predicted octanol–water partition coefficient (Wildman–Crippen LogP) is 2.24. The van der Waals surface area contributed by atoms with Gasteiger partial charge in [-0.1, -0.05) is 5.16 Å². The van der Waals surface area contributed by atoms with Crippen molar-refractivity contribution in [2.75, 3.05) is 20.2 Å². The minimum absolute atomic E-state index is 0. The fourth-order valence-corrected chi connectivity index (χ4v) is 2.12. The van der Waals surface area contributed by atoms with E-state index in [9.17, 15) is 0 Å². The van der Waals surface area contributed by atoms with Crippen molar-refractivity contribution in [3.63, 3.8) is 0 Å². The van der Waals surface area contributed by atoms with E-state index < -0.39 is 0 Å². The van der Waals surface area contributed by atoms with Crippen molar-refractivity contribution in [1.82, 2.24) is 15.5 Å². The maximum absolute atomic E-state index is 5.33. The molecule has 0 saturated carbocycles. The summed E-state index contributed by atoms with van der Waals surface area (Å²) in [6.45, 7) is 1.94. The molecule has 0 radical (unpaired) electrons. The molecule has 1 aliphatic rings. The highest BCUT2D eigenvalue weighted by atomic mass is 35.5. The van der Waals surface area contributed by atoms with Gasteiger partial charge in [-0.2, -0.15) is 4.98 Å². The summed E-state index contributed by atoms with van der Waals surface area (Å²) in [6.07, 6.45) is 1.06. The topological polar surface area (TPSA) is 60.2 Å². The summed E-state index contributed by atoms with van der Waals surface area (Å²) in [5.41, 5.74) is 0.941. The lowest BCUT2D eigenvalue weighted by molar-refractivity contribution is 0.359. The molecule has 0 spiro atoms. The quantitative estimate of drug-likeness (QED) is 0.935. The van der Waals surface area contributed by atoms with Crippen LogP contribution in [-0.4, -0.2) is 30.3 Å². The van der Waals surface area contributed by atoms with Crippen molar-refractivity contribution < 1.29 is 9.26 Å². The van der Waals surface area contributed by atoms with Crippen molar-refractivity contribution in [3.8, 4) is 17.1 Å². The SMILES string of the molecule is COc1ccc(-c2noc([C@H]3CCNC3)n2)cc1.Cl. The van der Waals surface area contributed by atoms with Gasteiger partial charge in [-0.05, 0) is 37.2 Å². The fourth-order valence-electron chi connectivity index (χ4n) is 2.12. The van der Waals surface area contributed by atoms with Gasteiger partial charge in [-0.25, -0.2) is 0 Å². The van der Waals surface area contributed by atoms with Gasteiger partial charge in [0.1, 0.15) is 5.75 Å². The summed E-state index contributed by atoms with van der Waals surface area (Å²) < 4.78 is 10.4. The first kappa shape index (κ1) is 13.8. The molecule has 1 aliphatic heterocycles. The molecule has 1 saturated heterocycles. The van der Waals surface area contributed by atoms with E-state index in [0.29, 0.717) is 11.7 Å². The van der Waals surface area contributed by atoms with Crippen LogP contribution in [0, 0.1) is 0 Å². The van der Waals surface area contributed by atoms with E-state index in [4.69, 9.17) is 9.26 Å². The molecule has 2 heterocycles. The molecule has 0 unspecified atom stereocenters. The molecule has 2 aromatic rings. The number of hydrogen-bond donors (Lipinski definition) is 1. The third kappa shape index (κ3) is 2.88. The number of nitrogens with zero attached hydrogens (tertiary/aromatic N) is 2. The number of methoxy groups -OCH3 is 1. The van der Waals surface area contributed by atoms with Crippen LogP contribution in [0.1, 0.15) is 18.2 Å². The van der Waals surface area contributed by atoms with Crippen LogP contribution in [0.15, 0.2) is 28.8 Å². The zero-order valence-corrected chi connectivity index (χ0v) is 11.4. The third-order valence-electron chi connectivity index (χ3n) is 3.20. The second kappa shape index (κ2) is 6.04. The van der Waals surface area contributed by atoms with Crippen LogP contribution >= 0.6 is 12.4 Å². The van der Waals surface area contributed by atoms with Crippen molar-refractivity contribution >= 4 is 12.4 Å². The Labute approximate surface area is 117 Å². The number of nitrogens with one attached hydrogen (secondary N) is 1. The molecule has 0 bridgehead atoms. The molecule has 1 aromatic heterocycles. The zero-order valence-electron chi connectivity index (χ0n) is 10.6. The Balaban J connectivity index is 0.00000133. The number of rotatable bonds is 3. The minimum Gasteiger partial charge on any atom is -0.497 e. The molecule has 0 aliphatic carbocycles. The van der Waals surface area contributed by atoms with Crippen LogP contribution in [0.4, 0.5) is 0 Å². The van der Waals surface area contributed by atoms with E-state index in [1.807, 2.05) is 24.3 Å². The first-order chi connectivity index (χ1) is 8.86. The fraction of sp³-hybridized carbons (Fsp3) is 0.385. The van der Waals surface area contributed by atoms with Crippen LogP contribution in [0.5, 0.6) is 5.75 Å². The Morgan fingerprint density at radius 3 is 2.74 bits per heavy atom. The number of halogens is 1. The average molecular weight is 282 g/mol. The van der Waals surface area contributed by atoms with Gasteiger partial charge < -0.3 is 14.6 Å². The molecule has 19 heavy (non-hydrogen) atoms. The van der Waals surface area contributed by atoms with Gasteiger partial charge in [0.15, 0.2) is 0 Å². The Hall–Kier alpha value is -1.59. The first-order valence-corrected chi connectivity index (χ1v) is 6.05. The molecule has 1 N–H and O–H groups in total. The van der Waals surface area contributed by atoms with Gasteiger partial charge in [0, 0.05) is 12.1 Å². The third-order valence-corrected chi connectivity index (χ3v) is 3.20. The maximum Gasteiger partial charge on any atom is 0.231 e. The number of hydrogen-bond acceptors (Lipinski definition) is 5. The van der Waals surface area contributed by atoms with E-state index in [1.54, 1.807) is 7.11 Å². The number of benzene rings is 1. The summed E-state index contributed by atoms with van der Waals surface area (Å²) in [7, 11) is 1.65. The lowest BCUT2D eigenvalue weighted by Crippen LogP contribution is -2.08. The van der Waals surface area contributed by atoms with Gasteiger partial charge >= 0.3 is 0 Å². The van der Waals surface area contributed by atoms with Crippen LogP contribution in [0.2, 0.25) is 0 Å². The molecule has 1 fully saturated rings. The summed E-state index contributed by atoms with van der Waals surface area (Å²) >= 11 is 0. The zero-order chi connectivity index (χ0) is 12.4. The highest BCUT2D eigenvalue weighted by molar-refractivity contribution is 5.85. The summed E-state index contributed by atoms with van der Waals surface area (Å²) in [5, 5.41) is 7.32. The Bertz CT molecular complexity index is 521. The second-order valence-electron chi connectivity index (χ2n) is 4.37. The Kier molecular flexibility index (Phi) is 4.39. The Morgan fingerprint density at radius 1 is 1.32 bits per heavy atom. The smallest absolute Gasteiger partial charge is 0.231 e. The summed E-state index contributed by atoms with van der Waals surface area (Å²) in [6, 6.07) is 7.64. The lowest BCUT2D eigenvalue weighted by Gasteiger charge is -2.00. The standard InChI is InChI=1S/C13H15N3O2.ClH/c1-17-11-4-2-9(3-5-11)12-15-13(18-16-12)10-6-7-14-8-10;/h2-5,10,14H,6-8H2,1H3;1H/t10-;/m0./s1. The van der Waals surface area contributed by atoms with Crippen LogP contribution in [0.3, 0.4) is 0 Å². The van der Waals surface area contributed by atoms with Crippen LogP contribution in [0.25, 0.3) is 11.4 Å². The predicted molar refractivity (Wildman–Crippen MR) is 73.8 cm³/mol.